The van der Waals surface area contributed by atoms with Crippen LogP contribution in [0.3, 0.4) is 0 Å². The zero-order chi connectivity index (χ0) is 34.2. The van der Waals surface area contributed by atoms with Gasteiger partial charge in [0.05, 0.1) is 13.7 Å². The molecule has 48 heavy (non-hydrogen) atoms. The third-order valence-corrected chi connectivity index (χ3v) is 7.14. The number of nitrogens with zero attached hydrogens (tertiary/aromatic N) is 4. The van der Waals surface area contributed by atoms with E-state index in [0.717, 1.165) is 22.3 Å². The highest BCUT2D eigenvalue weighted by Crippen LogP contribution is 2.17. The Balaban J connectivity index is 0.000000188. The van der Waals surface area contributed by atoms with Crippen LogP contribution in [0, 0.1) is 13.8 Å². The van der Waals surface area contributed by atoms with E-state index >= 15 is 0 Å². The molecule has 0 fully saturated rings. The zero-order valence-corrected chi connectivity index (χ0v) is 26.6. The number of nitrogens with two attached hydrogens (primary N) is 1. The first-order chi connectivity index (χ1) is 23.2. The van der Waals surface area contributed by atoms with Crippen LogP contribution in [0.2, 0.25) is 0 Å². The maximum atomic E-state index is 12.7. The van der Waals surface area contributed by atoms with Gasteiger partial charge in [-0.2, -0.15) is 0 Å². The number of esters is 1. The smallest absolute Gasteiger partial charge is 0.360 e. The second kappa shape index (κ2) is 15.0. The van der Waals surface area contributed by atoms with Crippen molar-refractivity contribution in [1.82, 2.24) is 18.8 Å². The Bertz CT molecular complexity index is 2060. The van der Waals surface area contributed by atoms with E-state index in [1.54, 1.807) is 24.5 Å². The molecule has 0 spiro atoms. The fraction of sp³-hybridized carbons (Fsp3) is 0.167. The molecule has 4 heterocycles. The molecule has 0 atom stereocenters. The summed E-state index contributed by atoms with van der Waals surface area (Å²) in [5.41, 5.74) is 8.73. The van der Waals surface area contributed by atoms with Crippen molar-refractivity contribution in [3.8, 4) is 11.5 Å². The van der Waals surface area contributed by atoms with Crippen LogP contribution in [0.1, 0.15) is 43.2 Å². The Hall–Kier alpha value is -6.14. The number of pyridine rings is 2. The van der Waals surface area contributed by atoms with Crippen molar-refractivity contribution < 1.29 is 23.8 Å². The molecule has 12 heteroatoms. The van der Waals surface area contributed by atoms with Gasteiger partial charge in [0, 0.05) is 12.4 Å². The number of rotatable bonds is 9. The van der Waals surface area contributed by atoms with E-state index in [1.165, 1.54) is 15.9 Å². The van der Waals surface area contributed by atoms with E-state index in [-0.39, 0.29) is 42.6 Å². The van der Waals surface area contributed by atoms with Crippen LogP contribution in [0.15, 0.2) is 107 Å². The summed E-state index contributed by atoms with van der Waals surface area (Å²) in [7, 11) is 1.24. The van der Waals surface area contributed by atoms with Crippen LogP contribution in [-0.4, -0.2) is 44.2 Å². The monoisotopic (exact) mass is 647 g/mol. The number of methoxy groups -OCH3 is 1. The highest BCUT2D eigenvalue weighted by Gasteiger charge is 2.22. The summed E-state index contributed by atoms with van der Waals surface area (Å²) in [6.45, 7) is 3.82. The number of Topliss-reactive ketones (excluding diaryl/α,β-unsaturated/α-hetero) is 1. The summed E-state index contributed by atoms with van der Waals surface area (Å²) >= 11 is 0. The number of hydrogen-bond donors (Lipinski definition) is 1. The van der Waals surface area contributed by atoms with Crippen LogP contribution in [0.4, 0.5) is 0 Å². The van der Waals surface area contributed by atoms with Crippen LogP contribution < -0.4 is 26.3 Å². The molecule has 6 rings (SSSR count). The molecule has 0 bridgehead atoms. The van der Waals surface area contributed by atoms with Gasteiger partial charge < -0.3 is 19.9 Å². The molecule has 0 amide bonds. The molecule has 2 N–H and O–H groups in total. The fourth-order valence-electron chi connectivity index (χ4n) is 4.70. The van der Waals surface area contributed by atoms with E-state index in [1.807, 2.05) is 86.6 Å². The molecule has 0 unspecified atom stereocenters. The number of aromatic nitrogens is 4. The van der Waals surface area contributed by atoms with Gasteiger partial charge in [-0.25, -0.2) is 14.8 Å². The normalized spacial score (nSPS) is 10.7. The Morgan fingerprint density at radius 2 is 1.10 bits per heavy atom. The fourth-order valence-corrected chi connectivity index (χ4v) is 4.70. The van der Waals surface area contributed by atoms with E-state index in [0.29, 0.717) is 11.3 Å². The van der Waals surface area contributed by atoms with E-state index in [2.05, 4.69) is 9.97 Å². The summed E-state index contributed by atoms with van der Waals surface area (Å²) in [6, 6.07) is 25.7. The van der Waals surface area contributed by atoms with E-state index in [9.17, 15) is 19.2 Å². The average Bonchev–Trinajstić information content (AvgIpc) is 3.11. The third-order valence-electron chi connectivity index (χ3n) is 7.14. The molecule has 0 saturated carbocycles. The number of ether oxygens (including phenoxy) is 3. The first kappa shape index (κ1) is 33.2. The Morgan fingerprint density at radius 3 is 1.54 bits per heavy atom. The van der Waals surface area contributed by atoms with Crippen LogP contribution in [-0.2, 0) is 18.0 Å². The Morgan fingerprint density at radius 1 is 0.667 bits per heavy atom. The maximum absolute atomic E-state index is 12.7. The first-order valence-electron chi connectivity index (χ1n) is 14.9. The molecule has 2 aromatic carbocycles. The van der Waals surface area contributed by atoms with Gasteiger partial charge in [0.25, 0.3) is 0 Å². The van der Waals surface area contributed by atoms with Gasteiger partial charge >= 0.3 is 17.1 Å². The highest BCUT2D eigenvalue weighted by molar-refractivity contribution is 5.98. The van der Waals surface area contributed by atoms with Gasteiger partial charge in [-0.3, -0.25) is 23.2 Å². The second-order valence-electron chi connectivity index (χ2n) is 10.7. The van der Waals surface area contributed by atoms with Crippen LogP contribution >= 0.6 is 0 Å². The van der Waals surface area contributed by atoms with Gasteiger partial charge in [-0.15, -0.1) is 0 Å². The van der Waals surface area contributed by atoms with Crippen molar-refractivity contribution in [2.24, 2.45) is 5.73 Å². The van der Waals surface area contributed by atoms with Crippen LogP contribution in [0.5, 0.6) is 11.5 Å². The molecular weight excluding hydrogens is 614 g/mol. The second-order valence-corrected chi connectivity index (χ2v) is 10.7. The Labute approximate surface area is 275 Å². The van der Waals surface area contributed by atoms with E-state index < -0.39 is 22.9 Å². The lowest BCUT2D eigenvalue weighted by atomic mass is 10.2. The lowest BCUT2D eigenvalue weighted by Crippen LogP contribution is -2.25. The van der Waals surface area contributed by atoms with Gasteiger partial charge in [0.15, 0.2) is 17.2 Å². The minimum absolute atomic E-state index is 0.0257. The topological polar surface area (TPSA) is 157 Å². The summed E-state index contributed by atoms with van der Waals surface area (Å²) in [4.78, 5) is 58.1. The molecule has 0 aliphatic carbocycles. The van der Waals surface area contributed by atoms with Crippen molar-refractivity contribution in [2.75, 3.05) is 13.7 Å². The molecule has 0 radical (unpaired) electrons. The van der Waals surface area contributed by atoms with Gasteiger partial charge in [-0.05, 0) is 48.2 Å². The number of benzene rings is 2. The van der Waals surface area contributed by atoms with Crippen molar-refractivity contribution in [1.29, 1.82) is 0 Å². The molecule has 0 saturated heterocycles. The standard InChI is InChI=1S/C18H17N3O3.C18H16N2O4/c1-12-7-8-15-20-16(14(22)9-19)17(18(23)21(15)10-12)24-11-13-5-3-2-4-6-13;1-12-8-9-14-19-15(18(22)23-2)16(17(21)20(14)10-12)24-11-13-6-4-3-5-7-13/h2-8,10H,9,11,19H2,1H3;3-10H,11H2,1-2H3. The molecule has 0 aliphatic heterocycles. The molecule has 6 aromatic rings. The van der Waals surface area contributed by atoms with Crippen molar-refractivity contribution in [2.45, 2.75) is 27.1 Å². The predicted molar refractivity (Wildman–Crippen MR) is 179 cm³/mol. The minimum atomic E-state index is -0.710. The number of carbonyl (C=O) groups is 2. The minimum Gasteiger partial charge on any atom is -0.481 e. The quantitative estimate of drug-likeness (QED) is 0.179. The average molecular weight is 648 g/mol. The predicted octanol–water partition coefficient (Wildman–Crippen LogP) is 4.09. The zero-order valence-electron chi connectivity index (χ0n) is 26.6. The molecule has 4 aromatic heterocycles. The Kier molecular flexibility index (Phi) is 10.4. The van der Waals surface area contributed by atoms with Gasteiger partial charge in [0.2, 0.25) is 11.5 Å². The number of aryl methyl sites for hydroxylation is 2. The van der Waals surface area contributed by atoms with Crippen molar-refractivity contribution in [3.63, 3.8) is 0 Å². The molecular formula is C36H33N5O7. The third kappa shape index (κ3) is 7.45. The van der Waals surface area contributed by atoms with Gasteiger partial charge in [0.1, 0.15) is 24.5 Å². The van der Waals surface area contributed by atoms with Crippen molar-refractivity contribution >= 4 is 23.0 Å². The lowest BCUT2D eigenvalue weighted by molar-refractivity contribution is 0.0587. The highest BCUT2D eigenvalue weighted by atomic mass is 16.5. The number of fused-ring (bicyclic) bond motifs is 2. The summed E-state index contributed by atoms with van der Waals surface area (Å²) < 4.78 is 18.7. The summed E-state index contributed by atoms with van der Waals surface area (Å²) in [5, 5.41) is 0. The molecule has 0 aliphatic rings. The number of carbonyl (C=O) groups excluding carboxylic acids is 2. The van der Waals surface area contributed by atoms with Gasteiger partial charge in [-0.1, -0.05) is 72.8 Å². The maximum Gasteiger partial charge on any atom is 0.360 e. The van der Waals surface area contributed by atoms with Crippen LogP contribution in [0.25, 0.3) is 11.3 Å². The molecule has 244 valence electrons. The number of ketones is 1. The summed E-state index contributed by atoms with van der Waals surface area (Å²) in [6.07, 6.45) is 3.32. The summed E-state index contributed by atoms with van der Waals surface area (Å²) in [5.74, 6) is -1.33. The number of hydrogen-bond acceptors (Lipinski definition) is 10. The van der Waals surface area contributed by atoms with E-state index in [4.69, 9.17) is 19.9 Å². The SMILES string of the molecule is COC(=O)c1nc2ccc(C)cn2c(=O)c1OCc1ccccc1.Cc1ccc2nc(C(=O)CN)c(OCc3ccccc3)c(=O)n2c1. The lowest BCUT2D eigenvalue weighted by Gasteiger charge is -2.11. The first-order valence-corrected chi connectivity index (χ1v) is 14.9. The largest absolute Gasteiger partial charge is 0.481 e. The molecule has 12 nitrogen and oxygen atoms in total. The van der Waals surface area contributed by atoms with Crippen molar-refractivity contribution in [3.05, 3.63) is 152 Å².